The summed E-state index contributed by atoms with van der Waals surface area (Å²) in [6.45, 7) is 2.88. The zero-order chi connectivity index (χ0) is 21.0. The first-order valence-electron chi connectivity index (χ1n) is 10.2. The summed E-state index contributed by atoms with van der Waals surface area (Å²) in [5.74, 6) is 0.876. The predicted molar refractivity (Wildman–Crippen MR) is 119 cm³/mol. The highest BCUT2D eigenvalue weighted by Gasteiger charge is 2.18. The molecule has 4 heterocycles. The number of ether oxygens (including phenoxy) is 1. The number of rotatable bonds is 5. The lowest BCUT2D eigenvalue weighted by Crippen LogP contribution is -2.37. The Bertz CT molecular complexity index is 1230. The summed E-state index contributed by atoms with van der Waals surface area (Å²) in [6.07, 6.45) is 6.83. The van der Waals surface area contributed by atoms with Crippen LogP contribution in [0, 0.1) is 0 Å². The SMILES string of the molecule is O=C(C=Cc1cc(N2CCOCC2)n2nc(-c3ccncc3)cc2n1)c1ccccc1. The van der Waals surface area contributed by atoms with Gasteiger partial charge < -0.3 is 9.64 Å². The minimum Gasteiger partial charge on any atom is -0.378 e. The molecular formula is C24H21N5O2. The molecule has 1 aliphatic heterocycles. The summed E-state index contributed by atoms with van der Waals surface area (Å²) in [6, 6.07) is 17.0. The lowest BCUT2D eigenvalue weighted by atomic mass is 10.1. The van der Waals surface area contributed by atoms with E-state index >= 15 is 0 Å². The van der Waals surface area contributed by atoms with E-state index in [1.165, 1.54) is 0 Å². The summed E-state index contributed by atoms with van der Waals surface area (Å²) in [5, 5.41) is 4.79. The first kappa shape index (κ1) is 19.1. The number of hydrogen-bond donors (Lipinski definition) is 0. The second-order valence-corrected chi connectivity index (χ2v) is 7.24. The molecule has 31 heavy (non-hydrogen) atoms. The average molecular weight is 411 g/mol. The molecule has 0 aliphatic carbocycles. The highest BCUT2D eigenvalue weighted by molar-refractivity contribution is 6.06. The van der Waals surface area contributed by atoms with Crippen LogP contribution in [-0.4, -0.2) is 51.7 Å². The molecule has 1 aromatic carbocycles. The molecule has 7 nitrogen and oxygen atoms in total. The maximum atomic E-state index is 12.5. The van der Waals surface area contributed by atoms with Crippen LogP contribution in [-0.2, 0) is 4.74 Å². The molecule has 3 aromatic heterocycles. The van der Waals surface area contributed by atoms with Gasteiger partial charge in [-0.2, -0.15) is 9.61 Å². The summed E-state index contributed by atoms with van der Waals surface area (Å²) < 4.78 is 7.37. The zero-order valence-electron chi connectivity index (χ0n) is 16.9. The molecule has 7 heteroatoms. The number of morpholine rings is 1. The third-order valence-corrected chi connectivity index (χ3v) is 5.20. The Morgan fingerprint density at radius 2 is 1.77 bits per heavy atom. The number of fused-ring (bicyclic) bond motifs is 1. The van der Waals surface area contributed by atoms with Gasteiger partial charge in [0, 0.05) is 48.7 Å². The highest BCUT2D eigenvalue weighted by atomic mass is 16.5. The van der Waals surface area contributed by atoms with Gasteiger partial charge in [0.15, 0.2) is 11.4 Å². The van der Waals surface area contributed by atoms with Crippen LogP contribution in [0.2, 0.25) is 0 Å². The Hall–Kier alpha value is -3.84. The van der Waals surface area contributed by atoms with E-state index in [4.69, 9.17) is 14.8 Å². The molecule has 1 saturated heterocycles. The van der Waals surface area contributed by atoms with Crippen molar-refractivity contribution in [1.29, 1.82) is 0 Å². The summed E-state index contributed by atoms with van der Waals surface area (Å²) >= 11 is 0. The third kappa shape index (κ3) is 4.08. The van der Waals surface area contributed by atoms with Crippen molar-refractivity contribution in [2.45, 2.75) is 0 Å². The number of hydrogen-bond acceptors (Lipinski definition) is 6. The Labute approximate surface area is 179 Å². The molecule has 0 radical (unpaired) electrons. The number of benzene rings is 1. The first-order valence-corrected chi connectivity index (χ1v) is 10.2. The van der Waals surface area contributed by atoms with Gasteiger partial charge in [0.1, 0.15) is 5.82 Å². The summed E-state index contributed by atoms with van der Waals surface area (Å²) in [5.41, 5.74) is 3.88. The number of ketones is 1. The molecule has 0 spiro atoms. The van der Waals surface area contributed by atoms with E-state index in [0.29, 0.717) is 24.5 Å². The van der Waals surface area contributed by atoms with Gasteiger partial charge in [-0.3, -0.25) is 9.78 Å². The van der Waals surface area contributed by atoms with Gasteiger partial charge in [-0.15, -0.1) is 0 Å². The smallest absolute Gasteiger partial charge is 0.185 e. The Morgan fingerprint density at radius 1 is 1.00 bits per heavy atom. The van der Waals surface area contributed by atoms with Crippen molar-refractivity contribution in [2.24, 2.45) is 0 Å². The Balaban J connectivity index is 1.55. The number of allylic oxidation sites excluding steroid dienone is 1. The van der Waals surface area contributed by atoms with Crippen LogP contribution in [0.3, 0.4) is 0 Å². The Kier molecular flexibility index (Phi) is 5.24. The third-order valence-electron chi connectivity index (χ3n) is 5.20. The molecule has 0 atom stereocenters. The van der Waals surface area contributed by atoms with Crippen molar-refractivity contribution in [3.05, 3.63) is 84.3 Å². The van der Waals surface area contributed by atoms with Crippen molar-refractivity contribution in [3.8, 4) is 11.3 Å². The quantitative estimate of drug-likeness (QED) is 0.370. The number of carbonyl (C=O) groups excluding carboxylic acids is 1. The largest absolute Gasteiger partial charge is 0.378 e. The lowest BCUT2D eigenvalue weighted by Gasteiger charge is -2.29. The van der Waals surface area contributed by atoms with E-state index in [2.05, 4.69) is 9.88 Å². The molecule has 1 fully saturated rings. The van der Waals surface area contributed by atoms with Gasteiger partial charge in [-0.1, -0.05) is 30.3 Å². The molecule has 5 rings (SSSR count). The minimum atomic E-state index is -0.0545. The fourth-order valence-corrected chi connectivity index (χ4v) is 3.60. The second-order valence-electron chi connectivity index (χ2n) is 7.24. The van der Waals surface area contributed by atoms with Crippen LogP contribution >= 0.6 is 0 Å². The van der Waals surface area contributed by atoms with Gasteiger partial charge >= 0.3 is 0 Å². The molecule has 0 saturated carbocycles. The van der Waals surface area contributed by atoms with Crippen LogP contribution in [0.4, 0.5) is 5.82 Å². The van der Waals surface area contributed by atoms with Crippen molar-refractivity contribution in [3.63, 3.8) is 0 Å². The molecule has 0 bridgehead atoms. The van der Waals surface area contributed by atoms with Gasteiger partial charge in [-0.25, -0.2) is 4.98 Å². The number of aromatic nitrogens is 4. The van der Waals surface area contributed by atoms with E-state index < -0.39 is 0 Å². The number of carbonyl (C=O) groups is 1. The molecule has 0 N–H and O–H groups in total. The van der Waals surface area contributed by atoms with Gasteiger partial charge in [0.05, 0.1) is 24.6 Å². The molecule has 0 amide bonds. The molecular weight excluding hydrogens is 390 g/mol. The van der Waals surface area contributed by atoms with Crippen LogP contribution < -0.4 is 4.90 Å². The van der Waals surface area contributed by atoms with Crippen molar-refractivity contribution < 1.29 is 9.53 Å². The minimum absolute atomic E-state index is 0.0545. The molecule has 0 unspecified atom stereocenters. The van der Waals surface area contributed by atoms with Crippen molar-refractivity contribution in [2.75, 3.05) is 31.2 Å². The van der Waals surface area contributed by atoms with Gasteiger partial charge in [0.2, 0.25) is 0 Å². The van der Waals surface area contributed by atoms with E-state index in [9.17, 15) is 4.79 Å². The van der Waals surface area contributed by atoms with Crippen LogP contribution in [0.25, 0.3) is 23.0 Å². The van der Waals surface area contributed by atoms with E-state index in [-0.39, 0.29) is 5.78 Å². The monoisotopic (exact) mass is 411 g/mol. The number of pyridine rings is 1. The maximum Gasteiger partial charge on any atom is 0.185 e. The lowest BCUT2D eigenvalue weighted by molar-refractivity contribution is 0.104. The molecule has 1 aliphatic rings. The maximum absolute atomic E-state index is 12.5. The number of nitrogens with zero attached hydrogens (tertiary/aromatic N) is 5. The normalized spacial score (nSPS) is 14.4. The van der Waals surface area contributed by atoms with E-state index in [1.807, 2.05) is 47.0 Å². The van der Waals surface area contributed by atoms with Crippen LogP contribution in [0.5, 0.6) is 0 Å². The van der Waals surface area contributed by atoms with Gasteiger partial charge in [0.25, 0.3) is 0 Å². The highest BCUT2D eigenvalue weighted by Crippen LogP contribution is 2.24. The standard InChI is InChI=1S/C24H21N5O2/c30-22(19-4-2-1-3-5-19)7-6-20-16-24(28-12-14-31-15-13-28)29-23(26-20)17-21(27-29)18-8-10-25-11-9-18/h1-11,16-17H,12-15H2. The predicted octanol–water partition coefficient (Wildman–Crippen LogP) is 3.52. The fourth-order valence-electron chi connectivity index (χ4n) is 3.60. The molecule has 4 aromatic rings. The molecule has 154 valence electrons. The first-order chi connectivity index (χ1) is 15.3. The zero-order valence-corrected chi connectivity index (χ0v) is 16.9. The van der Waals surface area contributed by atoms with Crippen LogP contribution in [0.15, 0.2) is 73.1 Å². The van der Waals surface area contributed by atoms with Crippen molar-refractivity contribution >= 4 is 23.3 Å². The van der Waals surface area contributed by atoms with E-state index in [0.717, 1.165) is 35.8 Å². The van der Waals surface area contributed by atoms with Gasteiger partial charge in [-0.05, 0) is 24.3 Å². The summed E-state index contributed by atoms with van der Waals surface area (Å²) in [7, 11) is 0. The van der Waals surface area contributed by atoms with E-state index in [1.54, 1.807) is 36.7 Å². The average Bonchev–Trinajstić information content (AvgIpc) is 3.28. The summed E-state index contributed by atoms with van der Waals surface area (Å²) in [4.78, 5) is 23.5. The topological polar surface area (TPSA) is 72.6 Å². The van der Waals surface area contributed by atoms with Crippen molar-refractivity contribution in [1.82, 2.24) is 19.6 Å². The Morgan fingerprint density at radius 3 is 2.55 bits per heavy atom. The van der Waals surface area contributed by atoms with Crippen LogP contribution in [0.1, 0.15) is 16.1 Å². The fraction of sp³-hybridized carbons (Fsp3) is 0.167. The second kappa shape index (κ2) is 8.49. The number of anilines is 1.